The quantitative estimate of drug-likeness (QED) is 0.0925. The fourth-order valence-electron chi connectivity index (χ4n) is 6.30. The monoisotopic (exact) mass is 772 g/mol. The molecular formula is C33H40O21. The molecule has 21 heteroatoms. The fourth-order valence-corrected chi connectivity index (χ4v) is 6.30. The number of rotatable bonds is 9. The van der Waals surface area contributed by atoms with Crippen molar-refractivity contribution in [3.8, 4) is 40.1 Å². The number of aliphatic hydroxyl groups is 9. The van der Waals surface area contributed by atoms with Gasteiger partial charge >= 0.3 is 0 Å². The average Bonchev–Trinajstić information content (AvgIpc) is 3.13. The van der Waals surface area contributed by atoms with Gasteiger partial charge in [0, 0.05) is 17.7 Å². The lowest BCUT2D eigenvalue weighted by molar-refractivity contribution is -0.362. The van der Waals surface area contributed by atoms with E-state index in [2.05, 4.69) is 0 Å². The summed E-state index contributed by atoms with van der Waals surface area (Å²) in [5.74, 6) is -3.82. The summed E-state index contributed by atoms with van der Waals surface area (Å²) in [6.45, 7) is -0.209. The van der Waals surface area contributed by atoms with Crippen molar-refractivity contribution in [2.45, 2.75) is 99.0 Å². The van der Waals surface area contributed by atoms with Crippen molar-refractivity contribution < 1.29 is 99.2 Å². The van der Waals surface area contributed by atoms with Gasteiger partial charge in [0.05, 0.1) is 19.3 Å². The van der Waals surface area contributed by atoms with Crippen LogP contribution >= 0.6 is 0 Å². The summed E-state index contributed by atoms with van der Waals surface area (Å²) >= 11 is 0. The first-order chi connectivity index (χ1) is 25.5. The van der Waals surface area contributed by atoms with Gasteiger partial charge in [-0.1, -0.05) is 0 Å². The third-order valence-corrected chi connectivity index (χ3v) is 9.41. The summed E-state index contributed by atoms with van der Waals surface area (Å²) in [5, 5.41) is 135. The Hall–Kier alpha value is -3.91. The number of phenols is 4. The molecule has 9 unspecified atom stereocenters. The number of ether oxygens (including phenoxy) is 6. The zero-order valence-corrected chi connectivity index (χ0v) is 28.0. The zero-order valence-electron chi connectivity index (χ0n) is 28.0. The molecule has 0 amide bonds. The van der Waals surface area contributed by atoms with Crippen molar-refractivity contribution in [2.24, 2.45) is 0 Å². The van der Waals surface area contributed by atoms with E-state index in [-0.39, 0.29) is 11.1 Å². The molecule has 3 aliphatic rings. The lowest BCUT2D eigenvalue weighted by atomic mass is 9.97. The molecule has 1 aromatic heterocycles. The fraction of sp³-hybridized carbons (Fsp3) is 0.545. The van der Waals surface area contributed by atoms with Crippen LogP contribution in [0.4, 0.5) is 0 Å². The number of benzene rings is 2. The molecule has 0 aliphatic carbocycles. The van der Waals surface area contributed by atoms with E-state index in [1.807, 2.05) is 0 Å². The summed E-state index contributed by atoms with van der Waals surface area (Å²) in [4.78, 5) is 14.1. The van der Waals surface area contributed by atoms with Crippen LogP contribution < -0.4 is 10.2 Å². The molecule has 0 bridgehead atoms. The van der Waals surface area contributed by atoms with Crippen molar-refractivity contribution in [2.75, 3.05) is 13.2 Å². The van der Waals surface area contributed by atoms with Crippen LogP contribution in [-0.4, -0.2) is 172 Å². The van der Waals surface area contributed by atoms with Crippen LogP contribution in [0.2, 0.25) is 0 Å². The van der Waals surface area contributed by atoms with Crippen LogP contribution in [0.1, 0.15) is 6.92 Å². The Morgan fingerprint density at radius 3 is 2.00 bits per heavy atom. The summed E-state index contributed by atoms with van der Waals surface area (Å²) < 4.78 is 39.8. The lowest BCUT2D eigenvalue weighted by Gasteiger charge is -2.46. The highest BCUT2D eigenvalue weighted by molar-refractivity contribution is 5.88. The molecule has 54 heavy (non-hydrogen) atoms. The van der Waals surface area contributed by atoms with Crippen molar-refractivity contribution >= 4 is 11.0 Å². The molecule has 6 rings (SSSR count). The highest BCUT2D eigenvalue weighted by atomic mass is 16.8. The van der Waals surface area contributed by atoms with E-state index in [0.29, 0.717) is 0 Å². The van der Waals surface area contributed by atoms with Crippen molar-refractivity contribution in [3.05, 3.63) is 40.6 Å². The number of phenolic OH excluding ortho intramolecular Hbond substituents is 4. The van der Waals surface area contributed by atoms with E-state index < -0.39 is 151 Å². The smallest absolute Gasteiger partial charge is 0.239 e. The molecule has 3 aliphatic heterocycles. The lowest BCUT2D eigenvalue weighted by Crippen LogP contribution is -2.65. The van der Waals surface area contributed by atoms with E-state index in [0.717, 1.165) is 24.3 Å². The Balaban J connectivity index is 1.40. The predicted octanol–water partition coefficient (Wildman–Crippen LogP) is -3.86. The molecule has 0 saturated carbocycles. The molecule has 3 aromatic rings. The minimum atomic E-state index is -2.10. The maximum atomic E-state index is 14.1. The molecule has 0 radical (unpaired) electrons. The third kappa shape index (κ3) is 7.39. The molecule has 3 saturated heterocycles. The summed E-state index contributed by atoms with van der Waals surface area (Å²) in [7, 11) is 0. The molecule has 3 fully saturated rings. The third-order valence-electron chi connectivity index (χ3n) is 9.41. The van der Waals surface area contributed by atoms with E-state index in [1.54, 1.807) is 0 Å². The SMILES string of the molecule is CC1O[C@@H](OCC2O[C@@H](Oc3c(-c4ccc(O)c(O)c4)oc4cc(O)cc(O)c4c3=O)C(O[C@@H]3OC(CO)[C@@H](O)C(O)C3O)C(O)[C@@H]2O)C(O)C(O)[C@H]1O. The van der Waals surface area contributed by atoms with Crippen LogP contribution in [0.3, 0.4) is 0 Å². The van der Waals surface area contributed by atoms with Gasteiger partial charge in [0.15, 0.2) is 35.9 Å². The highest BCUT2D eigenvalue weighted by Gasteiger charge is 2.52. The maximum absolute atomic E-state index is 14.1. The van der Waals surface area contributed by atoms with Crippen LogP contribution in [0.15, 0.2) is 39.5 Å². The maximum Gasteiger partial charge on any atom is 0.239 e. The predicted molar refractivity (Wildman–Crippen MR) is 173 cm³/mol. The first-order valence-electron chi connectivity index (χ1n) is 16.5. The van der Waals surface area contributed by atoms with Crippen LogP contribution in [0, 0.1) is 0 Å². The molecule has 21 nitrogen and oxygen atoms in total. The van der Waals surface area contributed by atoms with E-state index >= 15 is 0 Å². The van der Waals surface area contributed by atoms with Crippen molar-refractivity contribution in [3.63, 3.8) is 0 Å². The van der Waals surface area contributed by atoms with Crippen LogP contribution in [-0.2, 0) is 23.7 Å². The second kappa shape index (κ2) is 15.7. The Kier molecular flexibility index (Phi) is 11.5. The van der Waals surface area contributed by atoms with Gasteiger partial charge in [-0.05, 0) is 25.1 Å². The molecule has 13 N–H and O–H groups in total. The van der Waals surface area contributed by atoms with E-state index in [9.17, 15) is 71.2 Å². The second-order valence-electron chi connectivity index (χ2n) is 13.1. The zero-order chi connectivity index (χ0) is 39.3. The number of aliphatic hydroxyl groups excluding tert-OH is 9. The summed E-state index contributed by atoms with van der Waals surface area (Å²) in [6, 6.07) is 5.00. The Morgan fingerprint density at radius 1 is 0.667 bits per heavy atom. The normalized spacial score (nSPS) is 37.3. The molecule has 15 atom stereocenters. The Labute approximate surface area is 303 Å². The second-order valence-corrected chi connectivity index (χ2v) is 13.1. The Morgan fingerprint density at radius 2 is 1.31 bits per heavy atom. The first kappa shape index (κ1) is 39.8. The van der Waals surface area contributed by atoms with Gasteiger partial charge in [-0.3, -0.25) is 4.79 Å². The number of hydrogen-bond donors (Lipinski definition) is 13. The van der Waals surface area contributed by atoms with Crippen molar-refractivity contribution in [1.82, 2.24) is 0 Å². The van der Waals surface area contributed by atoms with Gasteiger partial charge in [0.1, 0.15) is 83.5 Å². The van der Waals surface area contributed by atoms with Gasteiger partial charge in [0.2, 0.25) is 17.5 Å². The van der Waals surface area contributed by atoms with Gasteiger partial charge in [-0.25, -0.2) is 0 Å². The van der Waals surface area contributed by atoms with Crippen LogP contribution in [0.5, 0.6) is 28.7 Å². The largest absolute Gasteiger partial charge is 0.508 e. The molecule has 2 aromatic carbocycles. The molecular weight excluding hydrogens is 732 g/mol. The summed E-state index contributed by atoms with van der Waals surface area (Å²) in [6.07, 6.45) is -26.6. The van der Waals surface area contributed by atoms with Gasteiger partial charge in [-0.15, -0.1) is 0 Å². The molecule has 298 valence electrons. The number of fused-ring (bicyclic) bond motifs is 1. The topological polar surface area (TPSA) is 349 Å². The van der Waals surface area contributed by atoms with Gasteiger partial charge in [0.25, 0.3) is 0 Å². The standard InChI is InChI=1S/C33H40O21/c1-9-19(39)23(43)26(46)31(49-9)48-8-17-21(41)25(45)30(54-32-27(47)24(44)20(40)16(7-34)51-32)33(52-17)53-29-22(42)18-14(38)5-11(35)6-15(18)50-28(29)10-2-3-12(36)13(37)4-10/h2-6,9,16-17,19-21,23-27,30-41,43-47H,7-8H2,1H3/t9?,16?,17?,19-,20+,21+,23?,24?,25?,26?,27?,30?,31+,32-,33-/m0/s1. The van der Waals surface area contributed by atoms with E-state index in [4.69, 9.17) is 32.8 Å². The minimum absolute atomic E-state index is 0.122. The molecule has 0 spiro atoms. The number of aromatic hydroxyl groups is 4. The Bertz CT molecular complexity index is 1850. The molecule has 4 heterocycles. The van der Waals surface area contributed by atoms with Crippen LogP contribution in [0.25, 0.3) is 22.3 Å². The average molecular weight is 773 g/mol. The minimum Gasteiger partial charge on any atom is -0.508 e. The summed E-state index contributed by atoms with van der Waals surface area (Å²) in [5.41, 5.74) is -1.62. The first-order valence-corrected chi connectivity index (χ1v) is 16.5. The van der Waals surface area contributed by atoms with Gasteiger partial charge < -0.3 is 99.2 Å². The highest BCUT2D eigenvalue weighted by Crippen LogP contribution is 2.40. The van der Waals surface area contributed by atoms with E-state index in [1.165, 1.54) is 13.0 Å². The number of hydrogen-bond acceptors (Lipinski definition) is 21. The van der Waals surface area contributed by atoms with Gasteiger partial charge in [-0.2, -0.15) is 0 Å². The van der Waals surface area contributed by atoms with Crippen molar-refractivity contribution in [1.29, 1.82) is 0 Å².